The monoisotopic (exact) mass is 325 g/mol. The standard InChI is InChI=1S/C11H12O2.C9H11NO/c12-11(13)10-6-5-8-3-1-2-4-9(8)7-10;1-2-5-9-8(4-1)10-6-3-7-11-9/h4-6H,1-3,7H2,(H,12,13);1-2,4-5,10H,3,6-7H2. The van der Waals surface area contributed by atoms with E-state index in [2.05, 4.69) is 11.4 Å². The van der Waals surface area contributed by atoms with Gasteiger partial charge in [-0.1, -0.05) is 30.4 Å². The van der Waals surface area contributed by atoms with E-state index in [9.17, 15) is 4.79 Å². The van der Waals surface area contributed by atoms with E-state index >= 15 is 0 Å². The van der Waals surface area contributed by atoms with Crippen LogP contribution in [-0.2, 0) is 4.79 Å². The number of carbonyl (C=O) groups is 1. The maximum atomic E-state index is 10.7. The highest BCUT2D eigenvalue weighted by molar-refractivity contribution is 5.88. The van der Waals surface area contributed by atoms with Crippen molar-refractivity contribution in [1.29, 1.82) is 0 Å². The van der Waals surface area contributed by atoms with Gasteiger partial charge in [0, 0.05) is 18.5 Å². The minimum Gasteiger partial charge on any atom is -0.491 e. The summed E-state index contributed by atoms with van der Waals surface area (Å²) in [4.78, 5) is 10.7. The molecule has 1 aromatic rings. The van der Waals surface area contributed by atoms with Crippen molar-refractivity contribution in [2.24, 2.45) is 0 Å². The summed E-state index contributed by atoms with van der Waals surface area (Å²) in [7, 11) is 0. The number of hydrogen-bond donors (Lipinski definition) is 2. The van der Waals surface area contributed by atoms with Crippen LogP contribution >= 0.6 is 0 Å². The lowest BCUT2D eigenvalue weighted by Gasteiger charge is -2.20. The predicted molar refractivity (Wildman–Crippen MR) is 95.4 cm³/mol. The van der Waals surface area contributed by atoms with Gasteiger partial charge in [-0.15, -0.1) is 0 Å². The minimum absolute atomic E-state index is 0.511. The van der Waals surface area contributed by atoms with Crippen LogP contribution in [0.5, 0.6) is 5.75 Å². The zero-order valence-electron chi connectivity index (χ0n) is 13.8. The van der Waals surface area contributed by atoms with Crippen LogP contribution in [0.1, 0.15) is 32.1 Å². The third-order valence-corrected chi connectivity index (χ3v) is 4.38. The Balaban J connectivity index is 0.000000143. The van der Waals surface area contributed by atoms with Gasteiger partial charge in [0.2, 0.25) is 0 Å². The molecule has 0 saturated heterocycles. The third kappa shape index (κ3) is 4.07. The first-order chi connectivity index (χ1) is 11.7. The van der Waals surface area contributed by atoms with Gasteiger partial charge in [-0.05, 0) is 49.0 Å². The van der Waals surface area contributed by atoms with Gasteiger partial charge in [0.1, 0.15) is 5.75 Å². The van der Waals surface area contributed by atoms with Gasteiger partial charge < -0.3 is 15.2 Å². The van der Waals surface area contributed by atoms with Gasteiger partial charge in [-0.25, -0.2) is 4.79 Å². The molecule has 4 rings (SSSR count). The van der Waals surface area contributed by atoms with Gasteiger partial charge >= 0.3 is 5.97 Å². The molecular weight excluding hydrogens is 302 g/mol. The van der Waals surface area contributed by atoms with Crippen LogP contribution in [0.4, 0.5) is 5.69 Å². The van der Waals surface area contributed by atoms with Crippen LogP contribution in [0.3, 0.4) is 0 Å². The summed E-state index contributed by atoms with van der Waals surface area (Å²) in [5.41, 5.74) is 4.18. The SMILES string of the molecule is O=C(O)C1=CC=C2CCCC=C2C1.c1ccc2c(c1)NCCCO2. The molecule has 0 bridgehead atoms. The molecule has 0 amide bonds. The molecule has 3 aliphatic rings. The number of fused-ring (bicyclic) bond motifs is 2. The molecule has 4 nitrogen and oxygen atoms in total. The topological polar surface area (TPSA) is 58.6 Å². The van der Waals surface area contributed by atoms with Gasteiger partial charge in [0.05, 0.1) is 12.3 Å². The second kappa shape index (κ2) is 7.86. The molecule has 4 heteroatoms. The zero-order chi connectivity index (χ0) is 16.8. The molecule has 24 heavy (non-hydrogen) atoms. The first kappa shape index (κ1) is 16.4. The normalized spacial score (nSPS) is 18.6. The minimum atomic E-state index is -0.790. The van der Waals surface area contributed by atoms with Crippen LogP contribution < -0.4 is 10.1 Å². The fourth-order valence-corrected chi connectivity index (χ4v) is 3.06. The smallest absolute Gasteiger partial charge is 0.331 e. The first-order valence-electron chi connectivity index (χ1n) is 8.52. The maximum Gasteiger partial charge on any atom is 0.331 e. The molecular formula is C20H23NO3. The van der Waals surface area contributed by atoms with Gasteiger partial charge in [0.15, 0.2) is 0 Å². The van der Waals surface area contributed by atoms with Crippen molar-refractivity contribution in [2.45, 2.75) is 32.1 Å². The van der Waals surface area contributed by atoms with E-state index in [-0.39, 0.29) is 0 Å². The second-order valence-electron chi connectivity index (χ2n) is 6.11. The number of anilines is 1. The largest absolute Gasteiger partial charge is 0.491 e. The third-order valence-electron chi connectivity index (χ3n) is 4.38. The Morgan fingerprint density at radius 1 is 1.12 bits per heavy atom. The Hall–Kier alpha value is -2.49. The molecule has 2 N–H and O–H groups in total. The Kier molecular flexibility index (Phi) is 5.36. The summed E-state index contributed by atoms with van der Waals surface area (Å²) in [5, 5.41) is 12.1. The molecule has 1 heterocycles. The van der Waals surface area contributed by atoms with E-state index in [1.807, 2.05) is 30.3 Å². The van der Waals surface area contributed by atoms with E-state index in [1.54, 1.807) is 6.08 Å². The lowest BCUT2D eigenvalue weighted by atomic mass is 9.85. The number of benzene rings is 1. The predicted octanol–water partition coefficient (Wildman–Crippen LogP) is 4.32. The Labute approximate surface area is 142 Å². The molecule has 0 unspecified atom stereocenters. The Morgan fingerprint density at radius 3 is 2.88 bits per heavy atom. The number of nitrogens with one attached hydrogen (secondary N) is 1. The summed E-state index contributed by atoms with van der Waals surface area (Å²) in [6, 6.07) is 8.04. The number of carboxylic acids is 1. The highest BCUT2D eigenvalue weighted by Crippen LogP contribution is 2.32. The second-order valence-corrected chi connectivity index (χ2v) is 6.11. The van der Waals surface area contributed by atoms with Crippen molar-refractivity contribution in [3.8, 4) is 5.75 Å². The van der Waals surface area contributed by atoms with Gasteiger partial charge in [-0.3, -0.25) is 0 Å². The summed E-state index contributed by atoms with van der Waals surface area (Å²) in [6.45, 7) is 1.83. The molecule has 0 saturated carbocycles. The quantitative estimate of drug-likeness (QED) is 0.807. The highest BCUT2D eigenvalue weighted by Gasteiger charge is 2.18. The van der Waals surface area contributed by atoms with E-state index < -0.39 is 5.97 Å². The van der Waals surface area contributed by atoms with E-state index in [0.717, 1.165) is 43.9 Å². The number of carboxylic acid groups (broad SMARTS) is 1. The molecule has 0 atom stereocenters. The fourth-order valence-electron chi connectivity index (χ4n) is 3.06. The number of allylic oxidation sites excluding steroid dienone is 5. The van der Waals surface area contributed by atoms with Crippen molar-refractivity contribution in [1.82, 2.24) is 0 Å². The number of ether oxygens (including phenoxy) is 1. The number of aliphatic carboxylic acids is 1. The molecule has 0 fully saturated rings. The van der Waals surface area contributed by atoms with Crippen molar-refractivity contribution >= 4 is 11.7 Å². The lowest BCUT2D eigenvalue weighted by molar-refractivity contribution is -0.132. The summed E-state index contributed by atoms with van der Waals surface area (Å²) in [6.07, 6.45) is 11.0. The molecule has 1 aliphatic heterocycles. The van der Waals surface area contributed by atoms with Crippen molar-refractivity contribution in [2.75, 3.05) is 18.5 Å². The van der Waals surface area contributed by atoms with Crippen LogP contribution in [0.2, 0.25) is 0 Å². The zero-order valence-corrected chi connectivity index (χ0v) is 13.8. The van der Waals surface area contributed by atoms with Crippen LogP contribution in [0, 0.1) is 0 Å². The van der Waals surface area contributed by atoms with Crippen molar-refractivity contribution in [3.63, 3.8) is 0 Å². The molecule has 1 aromatic carbocycles. The van der Waals surface area contributed by atoms with E-state index in [4.69, 9.17) is 9.84 Å². The molecule has 0 spiro atoms. The number of rotatable bonds is 1. The summed E-state index contributed by atoms with van der Waals surface area (Å²) in [5.74, 6) is 0.187. The van der Waals surface area contributed by atoms with Gasteiger partial charge in [-0.2, -0.15) is 0 Å². The summed E-state index contributed by atoms with van der Waals surface area (Å²) < 4.78 is 5.49. The van der Waals surface area contributed by atoms with E-state index in [0.29, 0.717) is 12.0 Å². The fraction of sp³-hybridized carbons (Fsp3) is 0.350. The number of para-hydroxylation sites is 2. The van der Waals surface area contributed by atoms with Crippen LogP contribution in [0.25, 0.3) is 0 Å². The lowest BCUT2D eigenvalue weighted by Crippen LogP contribution is -2.08. The summed E-state index contributed by atoms with van der Waals surface area (Å²) >= 11 is 0. The average Bonchev–Trinajstić information content (AvgIpc) is 2.87. The Morgan fingerprint density at radius 2 is 2.00 bits per heavy atom. The Bertz CT molecular complexity index is 676. The maximum absolute atomic E-state index is 10.7. The van der Waals surface area contributed by atoms with Crippen molar-refractivity contribution in [3.05, 3.63) is 59.2 Å². The molecule has 2 aliphatic carbocycles. The van der Waals surface area contributed by atoms with E-state index in [1.165, 1.54) is 17.6 Å². The molecule has 126 valence electrons. The first-order valence-corrected chi connectivity index (χ1v) is 8.52. The number of hydrogen-bond acceptors (Lipinski definition) is 3. The molecule has 0 radical (unpaired) electrons. The van der Waals surface area contributed by atoms with Crippen molar-refractivity contribution < 1.29 is 14.6 Å². The molecule has 0 aromatic heterocycles. The van der Waals surface area contributed by atoms with Crippen LogP contribution in [-0.4, -0.2) is 24.2 Å². The van der Waals surface area contributed by atoms with Crippen LogP contribution in [0.15, 0.2) is 59.2 Å². The van der Waals surface area contributed by atoms with Gasteiger partial charge in [0.25, 0.3) is 0 Å². The highest BCUT2D eigenvalue weighted by atomic mass is 16.5. The average molecular weight is 325 g/mol.